The number of nitrogens with one attached hydrogen (secondary N) is 1. The van der Waals surface area contributed by atoms with E-state index in [1.807, 2.05) is 13.2 Å². The molecule has 1 aromatic rings. The molecule has 0 aromatic carbocycles. The van der Waals surface area contributed by atoms with Crippen LogP contribution in [0.5, 0.6) is 0 Å². The van der Waals surface area contributed by atoms with Gasteiger partial charge in [-0.05, 0) is 32.2 Å². The summed E-state index contributed by atoms with van der Waals surface area (Å²) in [7, 11) is 0. The van der Waals surface area contributed by atoms with Crippen LogP contribution in [0.15, 0.2) is 12.1 Å². The second-order valence-electron chi connectivity index (χ2n) is 3.11. The summed E-state index contributed by atoms with van der Waals surface area (Å²) in [5.74, 6) is 0.114. The Morgan fingerprint density at radius 1 is 1.64 bits per heavy atom. The number of thioether (sulfide) groups is 1. The zero-order valence-electron chi connectivity index (χ0n) is 8.66. The molecule has 78 valence electrons. The summed E-state index contributed by atoms with van der Waals surface area (Å²) in [6.45, 7) is 4.64. The fourth-order valence-electron chi connectivity index (χ4n) is 1.01. The lowest BCUT2D eigenvalue weighted by Crippen LogP contribution is -2.29. The molecular formula is C10H15NOS2. The molecule has 0 bridgehead atoms. The van der Waals surface area contributed by atoms with Crippen molar-refractivity contribution < 1.29 is 4.79 Å². The summed E-state index contributed by atoms with van der Waals surface area (Å²) in [6.07, 6.45) is 1.94. The molecule has 0 aliphatic rings. The number of thiophene rings is 1. The molecule has 0 saturated heterocycles. The smallest absolute Gasteiger partial charge is 0.233 e. The highest BCUT2D eigenvalue weighted by Crippen LogP contribution is 2.14. The zero-order valence-corrected chi connectivity index (χ0v) is 10.3. The van der Waals surface area contributed by atoms with E-state index in [0.717, 1.165) is 0 Å². The average Bonchev–Trinajstić information content (AvgIpc) is 2.59. The molecule has 1 aromatic heterocycles. The molecule has 0 fully saturated rings. The molecule has 1 heterocycles. The standard InChI is InChI=1S/C10H15NOS2/c1-7-4-5-9(14-7)6-11-10(12)8(2)13-3/h4-5,8H,6H2,1-3H3,(H,11,12)/t8-/m0/s1. The third-order valence-electron chi connectivity index (χ3n) is 1.96. The third-order valence-corrected chi connectivity index (χ3v) is 3.88. The first kappa shape index (κ1) is 11.6. The van der Waals surface area contributed by atoms with Gasteiger partial charge in [-0.15, -0.1) is 11.3 Å². The minimum absolute atomic E-state index is 0.0380. The molecule has 2 nitrogen and oxygen atoms in total. The lowest BCUT2D eigenvalue weighted by molar-refractivity contribution is -0.120. The van der Waals surface area contributed by atoms with Gasteiger partial charge >= 0.3 is 0 Å². The first-order valence-corrected chi connectivity index (χ1v) is 6.59. The van der Waals surface area contributed by atoms with E-state index in [9.17, 15) is 4.79 Å². The quantitative estimate of drug-likeness (QED) is 0.859. The van der Waals surface area contributed by atoms with Gasteiger partial charge < -0.3 is 5.32 Å². The number of rotatable bonds is 4. The lowest BCUT2D eigenvalue weighted by atomic mass is 10.4. The van der Waals surface area contributed by atoms with E-state index >= 15 is 0 Å². The molecule has 0 saturated carbocycles. The van der Waals surface area contributed by atoms with Crippen LogP contribution in [0.3, 0.4) is 0 Å². The van der Waals surface area contributed by atoms with E-state index < -0.39 is 0 Å². The van der Waals surface area contributed by atoms with Gasteiger partial charge in [0.15, 0.2) is 0 Å². The van der Waals surface area contributed by atoms with Crippen LogP contribution in [0, 0.1) is 6.92 Å². The predicted molar refractivity (Wildman–Crippen MR) is 63.9 cm³/mol. The first-order chi connectivity index (χ1) is 6.63. The second-order valence-corrected chi connectivity index (χ2v) is 5.66. The van der Waals surface area contributed by atoms with Crippen molar-refractivity contribution in [1.82, 2.24) is 5.32 Å². The van der Waals surface area contributed by atoms with Gasteiger partial charge in [-0.25, -0.2) is 0 Å². The normalized spacial score (nSPS) is 12.5. The highest BCUT2D eigenvalue weighted by atomic mass is 32.2. The molecule has 0 aliphatic heterocycles. The van der Waals surface area contributed by atoms with Crippen LogP contribution in [-0.4, -0.2) is 17.4 Å². The van der Waals surface area contributed by atoms with Crippen molar-refractivity contribution in [3.8, 4) is 0 Å². The second kappa shape index (κ2) is 5.41. The monoisotopic (exact) mass is 229 g/mol. The molecule has 0 spiro atoms. The minimum atomic E-state index is 0.0380. The van der Waals surface area contributed by atoms with Crippen LogP contribution >= 0.6 is 23.1 Å². The fourth-order valence-corrected chi connectivity index (χ4v) is 2.13. The number of carbonyl (C=O) groups is 1. The Kier molecular flexibility index (Phi) is 4.48. The van der Waals surface area contributed by atoms with E-state index in [-0.39, 0.29) is 11.2 Å². The summed E-state index contributed by atoms with van der Waals surface area (Å²) in [5, 5.41) is 2.95. The van der Waals surface area contributed by atoms with Crippen LogP contribution in [0.2, 0.25) is 0 Å². The van der Waals surface area contributed by atoms with Crippen molar-refractivity contribution in [2.24, 2.45) is 0 Å². The summed E-state index contributed by atoms with van der Waals surface area (Å²) in [4.78, 5) is 13.9. The minimum Gasteiger partial charge on any atom is -0.350 e. The Morgan fingerprint density at radius 2 is 2.36 bits per heavy atom. The highest BCUT2D eigenvalue weighted by molar-refractivity contribution is 7.99. The number of aryl methyl sites for hydroxylation is 1. The van der Waals surface area contributed by atoms with E-state index in [0.29, 0.717) is 6.54 Å². The van der Waals surface area contributed by atoms with Crippen molar-refractivity contribution in [2.75, 3.05) is 6.26 Å². The fraction of sp³-hybridized carbons (Fsp3) is 0.500. The van der Waals surface area contributed by atoms with Crippen molar-refractivity contribution in [3.05, 3.63) is 21.9 Å². The molecule has 1 rings (SSSR count). The Bertz CT molecular complexity index is 309. The van der Waals surface area contributed by atoms with E-state index in [1.54, 1.807) is 23.1 Å². The van der Waals surface area contributed by atoms with Crippen molar-refractivity contribution in [2.45, 2.75) is 25.6 Å². The third kappa shape index (κ3) is 3.35. The van der Waals surface area contributed by atoms with Crippen molar-refractivity contribution in [3.63, 3.8) is 0 Å². The molecule has 1 N–H and O–H groups in total. The number of carbonyl (C=O) groups excluding carboxylic acids is 1. The van der Waals surface area contributed by atoms with E-state index in [1.165, 1.54) is 9.75 Å². The summed E-state index contributed by atoms with van der Waals surface area (Å²) in [5.41, 5.74) is 0. The summed E-state index contributed by atoms with van der Waals surface area (Å²) >= 11 is 3.29. The number of hydrogen-bond acceptors (Lipinski definition) is 3. The Labute approximate surface area is 93.1 Å². The van der Waals surface area contributed by atoms with Crippen LogP contribution in [-0.2, 0) is 11.3 Å². The summed E-state index contributed by atoms with van der Waals surface area (Å²) < 4.78 is 0. The van der Waals surface area contributed by atoms with Crippen LogP contribution in [0.25, 0.3) is 0 Å². The molecule has 0 radical (unpaired) electrons. The van der Waals surface area contributed by atoms with Gasteiger partial charge in [0.2, 0.25) is 5.91 Å². The maximum absolute atomic E-state index is 11.4. The van der Waals surface area contributed by atoms with Crippen molar-refractivity contribution in [1.29, 1.82) is 0 Å². The molecular weight excluding hydrogens is 214 g/mol. The van der Waals surface area contributed by atoms with Gasteiger partial charge in [-0.1, -0.05) is 0 Å². The largest absolute Gasteiger partial charge is 0.350 e. The first-order valence-electron chi connectivity index (χ1n) is 4.49. The van der Waals surface area contributed by atoms with Gasteiger partial charge in [0.05, 0.1) is 11.8 Å². The van der Waals surface area contributed by atoms with Crippen LogP contribution < -0.4 is 5.32 Å². The molecule has 4 heteroatoms. The summed E-state index contributed by atoms with van der Waals surface area (Å²) in [6, 6.07) is 4.13. The maximum atomic E-state index is 11.4. The Balaban J connectivity index is 2.37. The van der Waals surface area contributed by atoms with Crippen LogP contribution in [0.4, 0.5) is 0 Å². The topological polar surface area (TPSA) is 29.1 Å². The van der Waals surface area contributed by atoms with Crippen LogP contribution in [0.1, 0.15) is 16.7 Å². The van der Waals surface area contributed by atoms with Gasteiger partial charge in [0.1, 0.15) is 0 Å². The van der Waals surface area contributed by atoms with Gasteiger partial charge in [-0.3, -0.25) is 4.79 Å². The average molecular weight is 229 g/mol. The Morgan fingerprint density at radius 3 is 2.86 bits per heavy atom. The number of hydrogen-bond donors (Lipinski definition) is 1. The molecule has 1 atom stereocenters. The molecule has 0 unspecified atom stereocenters. The van der Waals surface area contributed by atoms with E-state index in [2.05, 4.69) is 24.4 Å². The van der Waals surface area contributed by atoms with Gasteiger partial charge in [0, 0.05) is 9.75 Å². The Hall–Kier alpha value is -0.480. The predicted octanol–water partition coefficient (Wildman–Crippen LogP) is 2.42. The SMILES string of the molecule is CS[C@@H](C)C(=O)NCc1ccc(C)s1. The number of amides is 1. The van der Waals surface area contributed by atoms with Crippen molar-refractivity contribution >= 4 is 29.0 Å². The molecule has 14 heavy (non-hydrogen) atoms. The lowest BCUT2D eigenvalue weighted by Gasteiger charge is -2.08. The maximum Gasteiger partial charge on any atom is 0.233 e. The van der Waals surface area contributed by atoms with Gasteiger partial charge in [-0.2, -0.15) is 11.8 Å². The molecule has 1 amide bonds. The van der Waals surface area contributed by atoms with E-state index in [4.69, 9.17) is 0 Å². The highest BCUT2D eigenvalue weighted by Gasteiger charge is 2.10. The zero-order chi connectivity index (χ0) is 10.6. The van der Waals surface area contributed by atoms with Gasteiger partial charge in [0.25, 0.3) is 0 Å². The molecule has 0 aliphatic carbocycles.